The maximum absolute atomic E-state index is 2.53. The van der Waals surface area contributed by atoms with Crippen molar-refractivity contribution >= 4 is 14.0 Å². The average molecular weight is 329 g/mol. The van der Waals surface area contributed by atoms with Gasteiger partial charge in [-0.3, -0.25) is 0 Å². The second-order valence-corrected chi connectivity index (χ2v) is 8.98. The minimum Gasteiger partial charge on any atom is -0.0933 e. The van der Waals surface area contributed by atoms with Gasteiger partial charge in [0.2, 0.25) is 0 Å². The van der Waals surface area contributed by atoms with Crippen LogP contribution in [0.5, 0.6) is 0 Å². The van der Waals surface area contributed by atoms with Crippen LogP contribution in [0.4, 0.5) is 0 Å². The van der Waals surface area contributed by atoms with E-state index in [-0.39, 0.29) is 0 Å². The van der Waals surface area contributed by atoms with Gasteiger partial charge in [-0.15, -0.1) is 0 Å². The van der Waals surface area contributed by atoms with Gasteiger partial charge in [-0.25, -0.2) is 0 Å². The monoisotopic (exact) mass is 328 g/mol. The van der Waals surface area contributed by atoms with Gasteiger partial charge in [-0.1, -0.05) is 111 Å². The molecule has 0 aromatic heterocycles. The molecule has 0 heterocycles. The highest BCUT2D eigenvalue weighted by Crippen LogP contribution is 2.06. The molecular weight excluding hydrogens is 292 g/mol. The Bertz CT molecular complexity index is 397. The first-order chi connectivity index (χ1) is 11.4. The molecule has 0 bridgehead atoms. The van der Waals surface area contributed by atoms with Crippen LogP contribution in [0.3, 0.4) is 0 Å². The molecule has 0 N–H and O–H groups in total. The van der Waals surface area contributed by atoms with Gasteiger partial charge < -0.3 is 0 Å². The van der Waals surface area contributed by atoms with Crippen LogP contribution in [0.1, 0.15) is 78.1 Å². The lowest BCUT2D eigenvalue weighted by molar-refractivity contribution is 0.674. The zero-order valence-corrected chi connectivity index (χ0v) is 16.5. The first-order valence-corrected chi connectivity index (χ1v) is 11.7. The Kier molecular flexibility index (Phi) is 12.6. The fourth-order valence-electron chi connectivity index (χ4n) is 2.83. The van der Waals surface area contributed by atoms with E-state index in [0.717, 1.165) is 0 Å². The predicted molar refractivity (Wildman–Crippen MR) is 109 cm³/mol. The van der Waals surface area contributed by atoms with Crippen molar-refractivity contribution in [1.29, 1.82) is 0 Å². The maximum atomic E-state index is 2.53. The largest absolute Gasteiger partial charge is 0.117 e. The first-order valence-electron chi connectivity index (χ1n) is 9.76. The molecule has 1 heteroatoms. The fourth-order valence-corrected chi connectivity index (χ4v) is 5.04. The summed E-state index contributed by atoms with van der Waals surface area (Å²) in [6, 6.07) is 11.1. The Hall–Kier alpha value is -1.08. The quantitative estimate of drug-likeness (QED) is 0.296. The van der Waals surface area contributed by atoms with Gasteiger partial charge in [0.05, 0.1) is 0 Å². The topological polar surface area (TPSA) is 0 Å². The van der Waals surface area contributed by atoms with Crippen LogP contribution in [0.15, 0.2) is 53.9 Å². The lowest BCUT2D eigenvalue weighted by atomic mass is 10.2. The summed E-state index contributed by atoms with van der Waals surface area (Å²) >= 11 is 0. The van der Waals surface area contributed by atoms with Crippen molar-refractivity contribution in [3.05, 3.63) is 53.9 Å². The van der Waals surface area contributed by atoms with Crippen LogP contribution in [0.2, 0.25) is 0 Å². The van der Waals surface area contributed by atoms with Crippen LogP contribution >= 0.6 is 0 Å². The van der Waals surface area contributed by atoms with Crippen molar-refractivity contribution in [3.8, 4) is 0 Å². The van der Waals surface area contributed by atoms with Crippen LogP contribution in [-0.2, 0) is 0 Å². The summed E-state index contributed by atoms with van der Waals surface area (Å²) in [5.74, 6) is 0. The second-order valence-electron chi connectivity index (χ2n) is 6.49. The molecule has 1 aromatic rings. The van der Waals surface area contributed by atoms with Crippen molar-refractivity contribution in [2.75, 3.05) is 0 Å². The van der Waals surface area contributed by atoms with Gasteiger partial charge in [0.25, 0.3) is 0 Å². The van der Waals surface area contributed by atoms with Crippen molar-refractivity contribution in [1.82, 2.24) is 0 Å². The van der Waals surface area contributed by atoms with E-state index in [0.29, 0.717) is 0 Å². The minimum absolute atomic E-state index is 1.07. The predicted octanol–water partition coefficient (Wildman–Crippen LogP) is 6.25. The number of rotatable bonds is 13. The highest BCUT2D eigenvalue weighted by atomic mass is 28.3. The molecule has 1 aromatic carbocycles. The number of hydrogen-bond donors (Lipinski definition) is 0. The summed E-state index contributed by atoms with van der Waals surface area (Å²) in [7, 11) is -1.07. The normalized spacial score (nSPS) is 12.0. The van der Waals surface area contributed by atoms with Crippen molar-refractivity contribution < 1.29 is 0 Å². The minimum atomic E-state index is -1.07. The van der Waals surface area contributed by atoms with E-state index in [2.05, 4.69) is 67.7 Å². The highest BCUT2D eigenvalue weighted by molar-refractivity contribution is 6.82. The Balaban J connectivity index is 2.46. The van der Waals surface area contributed by atoms with Crippen LogP contribution < -0.4 is 5.19 Å². The van der Waals surface area contributed by atoms with E-state index in [1.165, 1.54) is 64.2 Å². The van der Waals surface area contributed by atoms with Crippen molar-refractivity contribution in [2.24, 2.45) is 0 Å². The summed E-state index contributed by atoms with van der Waals surface area (Å²) in [6.45, 7) is 4.55. The van der Waals surface area contributed by atoms with Crippen LogP contribution in [-0.4, -0.2) is 8.80 Å². The Morgan fingerprint density at radius 1 is 0.696 bits per heavy atom. The van der Waals surface area contributed by atoms with E-state index in [9.17, 15) is 0 Å². The molecule has 0 saturated heterocycles. The molecule has 23 heavy (non-hydrogen) atoms. The van der Waals surface area contributed by atoms with Gasteiger partial charge in [0.15, 0.2) is 0 Å². The molecule has 0 saturated carbocycles. The molecule has 0 aliphatic rings. The molecule has 128 valence electrons. The molecule has 0 spiro atoms. The lowest BCUT2D eigenvalue weighted by Crippen LogP contribution is -2.25. The number of unbranched alkanes of at least 4 members (excludes halogenated alkanes) is 8. The Morgan fingerprint density at radius 2 is 1.22 bits per heavy atom. The Labute approximate surface area is 146 Å². The first kappa shape index (κ1) is 20.0. The maximum Gasteiger partial charge on any atom is 0.117 e. The van der Waals surface area contributed by atoms with Crippen molar-refractivity contribution in [3.63, 3.8) is 0 Å². The second kappa shape index (κ2) is 14.5. The molecular formula is C22H36Si. The van der Waals surface area contributed by atoms with Gasteiger partial charge in [-0.2, -0.15) is 0 Å². The molecule has 0 atom stereocenters. The smallest absolute Gasteiger partial charge is 0.0933 e. The summed E-state index contributed by atoms with van der Waals surface area (Å²) in [6.07, 6.45) is 18.3. The van der Waals surface area contributed by atoms with Crippen molar-refractivity contribution in [2.45, 2.75) is 78.1 Å². The third-order valence-electron chi connectivity index (χ3n) is 4.32. The number of allylic oxidation sites excluding steroid dienone is 2. The van der Waals surface area contributed by atoms with E-state index in [1.807, 2.05) is 0 Å². The Morgan fingerprint density at radius 3 is 1.70 bits per heavy atom. The molecule has 0 aliphatic carbocycles. The summed E-state index contributed by atoms with van der Waals surface area (Å²) < 4.78 is 0. The SMILES string of the molecule is CCCCCC/C=C/[SiH](/C=C/CCCCCC)c1ccccc1. The molecule has 0 amide bonds. The van der Waals surface area contributed by atoms with Gasteiger partial charge in [0, 0.05) is 0 Å². The molecule has 0 fully saturated rings. The molecule has 1 rings (SSSR count). The van der Waals surface area contributed by atoms with Gasteiger partial charge in [0.1, 0.15) is 8.80 Å². The average Bonchev–Trinajstić information content (AvgIpc) is 2.60. The summed E-state index contributed by atoms with van der Waals surface area (Å²) in [5.41, 5.74) is 5.06. The van der Waals surface area contributed by atoms with Gasteiger partial charge in [-0.05, 0) is 25.7 Å². The molecule has 0 nitrogen and oxygen atoms in total. The van der Waals surface area contributed by atoms with Gasteiger partial charge >= 0.3 is 0 Å². The lowest BCUT2D eigenvalue weighted by Gasteiger charge is -2.07. The van der Waals surface area contributed by atoms with E-state index >= 15 is 0 Å². The zero-order valence-electron chi connectivity index (χ0n) is 15.3. The third kappa shape index (κ3) is 10.3. The number of benzene rings is 1. The summed E-state index contributed by atoms with van der Waals surface area (Å²) in [5, 5.41) is 1.54. The van der Waals surface area contributed by atoms with Crippen LogP contribution in [0, 0.1) is 0 Å². The standard InChI is InChI=1S/C22H36Si/c1-3-5-7-9-11-16-20-23(22-18-14-13-15-19-22)21-17-12-10-8-6-4-2/h13-21,23H,3-12H2,1-2H3/b20-16+,21-17+. The highest BCUT2D eigenvalue weighted by Gasteiger charge is 2.04. The van der Waals surface area contributed by atoms with Crippen LogP contribution in [0.25, 0.3) is 0 Å². The zero-order chi connectivity index (χ0) is 16.6. The van der Waals surface area contributed by atoms with E-state index in [4.69, 9.17) is 0 Å². The van der Waals surface area contributed by atoms with E-state index < -0.39 is 8.80 Å². The summed E-state index contributed by atoms with van der Waals surface area (Å²) in [4.78, 5) is 0. The number of hydrogen-bond acceptors (Lipinski definition) is 0. The third-order valence-corrected chi connectivity index (χ3v) is 6.85. The van der Waals surface area contributed by atoms with E-state index in [1.54, 1.807) is 5.19 Å². The molecule has 0 radical (unpaired) electrons. The fraction of sp³-hybridized carbons (Fsp3) is 0.545. The molecule has 0 aliphatic heterocycles. The molecule has 0 unspecified atom stereocenters.